The second kappa shape index (κ2) is 7.79. The molecular weight excluding hydrogens is 304 g/mol. The molecule has 0 saturated carbocycles. The summed E-state index contributed by atoms with van der Waals surface area (Å²) in [7, 11) is 3.83. The Morgan fingerprint density at radius 1 is 1.12 bits per heavy atom. The van der Waals surface area contributed by atoms with Gasteiger partial charge in [-0.05, 0) is 24.6 Å². The summed E-state index contributed by atoms with van der Waals surface area (Å²) in [6.45, 7) is 2.11. The zero-order valence-corrected chi connectivity index (χ0v) is 14.3. The van der Waals surface area contributed by atoms with E-state index in [2.05, 4.69) is 15.6 Å². The molecule has 24 heavy (non-hydrogen) atoms. The zero-order chi connectivity index (χ0) is 17.6. The van der Waals surface area contributed by atoms with Crippen LogP contribution in [0.1, 0.15) is 18.2 Å². The Hall–Kier alpha value is -2.60. The van der Waals surface area contributed by atoms with Gasteiger partial charge < -0.3 is 20.6 Å². The largest absolute Gasteiger partial charge is 0.384 e. The van der Waals surface area contributed by atoms with Crippen LogP contribution in [0.25, 0.3) is 0 Å². The Kier molecular flexibility index (Phi) is 5.76. The molecule has 1 aromatic carbocycles. The van der Waals surface area contributed by atoms with Gasteiger partial charge in [0.1, 0.15) is 11.4 Å². The molecule has 0 aliphatic heterocycles. The second-order valence-electron chi connectivity index (χ2n) is 6.06. The number of aromatic nitrogens is 1. The van der Waals surface area contributed by atoms with Gasteiger partial charge in [0.15, 0.2) is 0 Å². The van der Waals surface area contributed by atoms with E-state index in [4.69, 9.17) is 0 Å². The normalized spacial score (nSPS) is 13.0. The van der Waals surface area contributed by atoms with Crippen molar-refractivity contribution < 1.29 is 9.90 Å². The fraction of sp³-hybridized carbons (Fsp3) is 0.333. The van der Waals surface area contributed by atoms with Gasteiger partial charge >= 0.3 is 6.03 Å². The van der Waals surface area contributed by atoms with Crippen molar-refractivity contribution in [1.82, 2.24) is 15.6 Å². The first kappa shape index (κ1) is 17.7. The van der Waals surface area contributed by atoms with E-state index in [1.807, 2.05) is 67.5 Å². The maximum atomic E-state index is 11.9. The van der Waals surface area contributed by atoms with Crippen LogP contribution in [0.3, 0.4) is 0 Å². The molecule has 2 aromatic rings. The molecule has 1 heterocycles. The highest BCUT2D eigenvalue weighted by molar-refractivity contribution is 5.73. The third-order valence-electron chi connectivity index (χ3n) is 3.67. The lowest BCUT2D eigenvalue weighted by Crippen LogP contribution is -2.43. The third kappa shape index (κ3) is 4.96. The lowest BCUT2D eigenvalue weighted by molar-refractivity contribution is 0.0594. The number of urea groups is 1. The molecule has 0 aliphatic rings. The van der Waals surface area contributed by atoms with E-state index in [0.29, 0.717) is 6.54 Å². The third-order valence-corrected chi connectivity index (χ3v) is 3.67. The fourth-order valence-corrected chi connectivity index (χ4v) is 2.20. The smallest absolute Gasteiger partial charge is 0.315 e. The van der Waals surface area contributed by atoms with E-state index in [1.54, 1.807) is 6.92 Å². The number of carbonyl (C=O) groups excluding carboxylic acids is 1. The average Bonchev–Trinajstić information content (AvgIpc) is 2.59. The summed E-state index contributed by atoms with van der Waals surface area (Å²) in [4.78, 5) is 18.3. The van der Waals surface area contributed by atoms with Gasteiger partial charge in [-0.3, -0.25) is 0 Å². The van der Waals surface area contributed by atoms with Crippen LogP contribution in [0.15, 0.2) is 48.5 Å². The van der Waals surface area contributed by atoms with Gasteiger partial charge in [0.05, 0.1) is 18.8 Å². The van der Waals surface area contributed by atoms with Gasteiger partial charge in [-0.15, -0.1) is 0 Å². The first-order valence-corrected chi connectivity index (χ1v) is 7.81. The van der Waals surface area contributed by atoms with E-state index in [-0.39, 0.29) is 12.6 Å². The van der Waals surface area contributed by atoms with Crippen LogP contribution in [0.2, 0.25) is 0 Å². The molecule has 1 aromatic heterocycles. The Balaban J connectivity index is 1.84. The van der Waals surface area contributed by atoms with Crippen molar-refractivity contribution in [2.45, 2.75) is 19.1 Å². The standard InChI is InChI=1S/C18H24N4O2/c1-18(24,14-8-5-4-6-9-14)13-20-17(23)19-12-15-10-7-11-16(21-15)22(2)3/h4-11,24H,12-13H2,1-3H3,(H2,19,20,23). The fourth-order valence-electron chi connectivity index (χ4n) is 2.20. The van der Waals surface area contributed by atoms with E-state index >= 15 is 0 Å². The Morgan fingerprint density at radius 3 is 2.50 bits per heavy atom. The highest BCUT2D eigenvalue weighted by Crippen LogP contribution is 2.18. The summed E-state index contributed by atoms with van der Waals surface area (Å²) >= 11 is 0. The van der Waals surface area contributed by atoms with Crippen molar-refractivity contribution in [3.05, 3.63) is 59.8 Å². The van der Waals surface area contributed by atoms with Crippen LogP contribution in [-0.4, -0.2) is 36.8 Å². The molecule has 0 aliphatic carbocycles. The molecule has 0 spiro atoms. The van der Waals surface area contributed by atoms with Crippen molar-refractivity contribution in [1.29, 1.82) is 0 Å². The molecule has 6 heteroatoms. The molecule has 2 rings (SSSR count). The maximum Gasteiger partial charge on any atom is 0.315 e. The number of nitrogens with one attached hydrogen (secondary N) is 2. The van der Waals surface area contributed by atoms with Crippen molar-refractivity contribution in [3.63, 3.8) is 0 Å². The number of hydrogen-bond donors (Lipinski definition) is 3. The van der Waals surface area contributed by atoms with Crippen molar-refractivity contribution in [2.75, 3.05) is 25.5 Å². The second-order valence-corrected chi connectivity index (χ2v) is 6.06. The van der Waals surface area contributed by atoms with Crippen molar-refractivity contribution >= 4 is 11.8 Å². The maximum absolute atomic E-state index is 11.9. The lowest BCUT2D eigenvalue weighted by Gasteiger charge is -2.24. The molecule has 0 saturated heterocycles. The predicted molar refractivity (Wildman–Crippen MR) is 94.8 cm³/mol. The molecule has 0 radical (unpaired) electrons. The molecule has 1 atom stereocenters. The quantitative estimate of drug-likeness (QED) is 0.756. The van der Waals surface area contributed by atoms with Gasteiger partial charge in [0.2, 0.25) is 0 Å². The average molecular weight is 328 g/mol. The first-order valence-electron chi connectivity index (χ1n) is 7.81. The van der Waals surface area contributed by atoms with E-state index in [1.165, 1.54) is 0 Å². The molecule has 0 bridgehead atoms. The van der Waals surface area contributed by atoms with E-state index < -0.39 is 5.60 Å². The molecule has 6 nitrogen and oxygen atoms in total. The highest BCUT2D eigenvalue weighted by atomic mass is 16.3. The Labute approximate surface area is 142 Å². The van der Waals surface area contributed by atoms with Crippen LogP contribution >= 0.6 is 0 Å². The minimum Gasteiger partial charge on any atom is -0.384 e. The Morgan fingerprint density at radius 2 is 1.83 bits per heavy atom. The number of amides is 2. The monoisotopic (exact) mass is 328 g/mol. The first-order chi connectivity index (χ1) is 11.4. The number of pyridine rings is 1. The molecule has 3 N–H and O–H groups in total. The van der Waals surface area contributed by atoms with Crippen molar-refractivity contribution in [3.8, 4) is 0 Å². The summed E-state index contributed by atoms with van der Waals surface area (Å²) < 4.78 is 0. The van der Waals surface area contributed by atoms with E-state index in [9.17, 15) is 9.90 Å². The number of nitrogens with zero attached hydrogens (tertiary/aromatic N) is 2. The van der Waals surface area contributed by atoms with Gasteiger partial charge in [-0.25, -0.2) is 9.78 Å². The summed E-state index contributed by atoms with van der Waals surface area (Å²) in [5, 5.41) is 15.9. The summed E-state index contributed by atoms with van der Waals surface area (Å²) in [6.07, 6.45) is 0. The highest BCUT2D eigenvalue weighted by Gasteiger charge is 2.23. The zero-order valence-electron chi connectivity index (χ0n) is 14.3. The van der Waals surface area contributed by atoms with Crippen LogP contribution in [0.5, 0.6) is 0 Å². The molecular formula is C18H24N4O2. The van der Waals surface area contributed by atoms with Crippen LogP contribution in [-0.2, 0) is 12.1 Å². The van der Waals surface area contributed by atoms with E-state index in [0.717, 1.165) is 17.1 Å². The van der Waals surface area contributed by atoms with Crippen LogP contribution in [0, 0.1) is 0 Å². The van der Waals surface area contributed by atoms with Gasteiger partial charge in [0.25, 0.3) is 0 Å². The molecule has 1 unspecified atom stereocenters. The number of anilines is 1. The number of rotatable bonds is 6. The van der Waals surface area contributed by atoms with Crippen molar-refractivity contribution in [2.24, 2.45) is 0 Å². The minimum atomic E-state index is -1.12. The topological polar surface area (TPSA) is 77.5 Å². The number of aliphatic hydroxyl groups is 1. The Bertz CT molecular complexity index is 672. The van der Waals surface area contributed by atoms with Crippen LogP contribution < -0.4 is 15.5 Å². The molecule has 0 fully saturated rings. The molecule has 128 valence electrons. The minimum absolute atomic E-state index is 0.119. The summed E-state index contributed by atoms with van der Waals surface area (Å²) in [5.74, 6) is 0.835. The predicted octanol–water partition coefficient (Wildman–Crippen LogP) is 1.85. The molecule has 2 amide bonds. The number of benzene rings is 1. The van der Waals surface area contributed by atoms with Crippen LogP contribution in [0.4, 0.5) is 10.6 Å². The summed E-state index contributed by atoms with van der Waals surface area (Å²) in [5.41, 5.74) is 0.402. The van der Waals surface area contributed by atoms with Gasteiger partial charge in [-0.1, -0.05) is 36.4 Å². The van der Waals surface area contributed by atoms with Gasteiger partial charge in [0, 0.05) is 14.1 Å². The van der Waals surface area contributed by atoms with Gasteiger partial charge in [-0.2, -0.15) is 0 Å². The lowest BCUT2D eigenvalue weighted by atomic mass is 9.96. The SMILES string of the molecule is CN(C)c1cccc(CNC(=O)NCC(C)(O)c2ccccc2)n1. The summed E-state index contributed by atoms with van der Waals surface area (Å²) in [6, 6.07) is 14.6. The number of hydrogen-bond acceptors (Lipinski definition) is 4. The number of carbonyl (C=O) groups is 1.